The lowest BCUT2D eigenvalue weighted by Gasteiger charge is -2.28. The van der Waals surface area contributed by atoms with Crippen molar-refractivity contribution < 1.29 is 0 Å². The highest BCUT2D eigenvalue weighted by Gasteiger charge is 2.27. The summed E-state index contributed by atoms with van der Waals surface area (Å²) in [7, 11) is 0. The summed E-state index contributed by atoms with van der Waals surface area (Å²) >= 11 is 11.8. The molecule has 0 radical (unpaired) electrons. The van der Waals surface area contributed by atoms with Crippen LogP contribution in [0.5, 0.6) is 0 Å². The average molecular weight is 276 g/mol. The Kier molecular flexibility index (Phi) is 4.00. The van der Waals surface area contributed by atoms with Gasteiger partial charge in [0, 0.05) is 23.1 Å². The molecule has 2 atom stereocenters. The van der Waals surface area contributed by atoms with E-state index < -0.39 is 6.63 Å². The summed E-state index contributed by atoms with van der Waals surface area (Å²) in [5.74, 6) is 0. The van der Waals surface area contributed by atoms with Crippen LogP contribution in [-0.4, -0.2) is 12.1 Å². The Morgan fingerprint density at radius 3 is 2.00 bits per heavy atom. The summed E-state index contributed by atoms with van der Waals surface area (Å²) in [6, 6.07) is 9.61. The van der Waals surface area contributed by atoms with E-state index in [1.807, 2.05) is 12.1 Å². The van der Waals surface area contributed by atoms with Crippen LogP contribution in [0.1, 0.15) is 26.7 Å². The summed E-state index contributed by atoms with van der Waals surface area (Å²) in [6.45, 7) is 3.55. The lowest BCUT2D eigenvalue weighted by molar-refractivity contribution is 0.694. The summed E-state index contributed by atoms with van der Waals surface area (Å²) in [4.78, 5) is 2.48. The summed E-state index contributed by atoms with van der Waals surface area (Å²) in [5, 5.41) is 1.03. The molecule has 1 unspecified atom stereocenters. The first-order valence-electron chi connectivity index (χ1n) is 5.59. The average Bonchev–Trinajstić information content (AvgIpc) is 2.59. The molecule has 1 heterocycles. The van der Waals surface area contributed by atoms with Crippen LogP contribution in [-0.2, 0) is 0 Å². The molecule has 0 saturated carbocycles. The number of anilines is 1. The molecule has 1 saturated heterocycles. The molecular formula is C12H16Cl2NP. The quantitative estimate of drug-likeness (QED) is 0.720. The molecule has 1 nitrogen and oxygen atoms in total. The molecule has 1 aromatic carbocycles. The number of halogens is 2. The molecule has 0 bridgehead atoms. The summed E-state index contributed by atoms with van der Waals surface area (Å²) in [6.07, 6.45) is 2.56. The number of hydrogen-bond acceptors (Lipinski definition) is 1. The van der Waals surface area contributed by atoms with Crippen LogP contribution < -0.4 is 10.2 Å². The number of benzene rings is 1. The zero-order valence-corrected chi connectivity index (χ0v) is 11.9. The largest absolute Gasteiger partial charge is 0.366 e. The van der Waals surface area contributed by atoms with Crippen molar-refractivity contribution in [1.82, 2.24) is 0 Å². The molecular weight excluding hydrogens is 260 g/mol. The van der Waals surface area contributed by atoms with Crippen LogP contribution >= 0.6 is 29.1 Å². The first-order chi connectivity index (χ1) is 7.59. The van der Waals surface area contributed by atoms with Gasteiger partial charge in [0.25, 0.3) is 0 Å². The molecule has 4 heteroatoms. The Morgan fingerprint density at radius 1 is 1.06 bits per heavy atom. The second-order valence-electron chi connectivity index (χ2n) is 4.43. The standard InChI is InChI=1S/C12H16Cl2NP/c1-9-3-4-10(2)15(9)11-5-7-12(8-6-11)16(13)14/h5-10H,3-4H2,1-2H3/t9-,10?/m0/s1. The van der Waals surface area contributed by atoms with Crippen LogP contribution in [0.3, 0.4) is 0 Å². The molecule has 1 fully saturated rings. The molecule has 1 aromatic rings. The maximum atomic E-state index is 5.89. The Labute approximate surface area is 108 Å². The SMILES string of the molecule is CC1CC[C@H](C)N1c1ccc(P(Cl)Cl)cc1. The van der Waals surface area contributed by atoms with Gasteiger partial charge in [-0.3, -0.25) is 0 Å². The van der Waals surface area contributed by atoms with E-state index in [9.17, 15) is 0 Å². The van der Waals surface area contributed by atoms with Gasteiger partial charge >= 0.3 is 0 Å². The van der Waals surface area contributed by atoms with E-state index in [1.54, 1.807) is 0 Å². The third kappa shape index (κ3) is 2.47. The van der Waals surface area contributed by atoms with Crippen molar-refractivity contribution in [3.8, 4) is 0 Å². The number of hydrogen-bond donors (Lipinski definition) is 0. The van der Waals surface area contributed by atoms with E-state index in [0.717, 1.165) is 5.30 Å². The first kappa shape index (κ1) is 12.5. The molecule has 1 aliphatic heterocycles. The predicted octanol–water partition coefficient (Wildman–Crippen LogP) is 4.48. The smallest absolute Gasteiger partial charge is 0.116 e. The number of rotatable bonds is 2. The van der Waals surface area contributed by atoms with Gasteiger partial charge in [-0.1, -0.05) is 34.6 Å². The fourth-order valence-electron chi connectivity index (χ4n) is 2.44. The monoisotopic (exact) mass is 275 g/mol. The summed E-state index contributed by atoms with van der Waals surface area (Å²) < 4.78 is 0. The molecule has 0 amide bonds. The second-order valence-corrected chi connectivity index (χ2v) is 7.96. The van der Waals surface area contributed by atoms with Crippen LogP contribution in [0, 0.1) is 0 Å². The Bertz CT molecular complexity index is 343. The van der Waals surface area contributed by atoms with E-state index in [1.165, 1.54) is 18.5 Å². The van der Waals surface area contributed by atoms with Gasteiger partial charge in [0.1, 0.15) is 6.63 Å². The van der Waals surface area contributed by atoms with Gasteiger partial charge in [0.15, 0.2) is 0 Å². The molecule has 2 rings (SSSR count). The van der Waals surface area contributed by atoms with Gasteiger partial charge in [-0.2, -0.15) is 0 Å². The lowest BCUT2D eigenvalue weighted by atomic mass is 10.2. The third-order valence-corrected chi connectivity index (χ3v) is 5.15. The van der Waals surface area contributed by atoms with E-state index in [-0.39, 0.29) is 0 Å². The highest BCUT2D eigenvalue weighted by molar-refractivity contribution is 8.08. The molecule has 1 aliphatic rings. The molecule has 88 valence electrons. The van der Waals surface area contributed by atoms with E-state index in [2.05, 4.69) is 30.9 Å². The van der Waals surface area contributed by atoms with E-state index in [0.29, 0.717) is 12.1 Å². The first-order valence-corrected chi connectivity index (χ1v) is 8.75. The van der Waals surface area contributed by atoms with Crippen molar-refractivity contribution >= 4 is 40.1 Å². The molecule has 0 aliphatic carbocycles. The van der Waals surface area contributed by atoms with Crippen LogP contribution in [0.4, 0.5) is 5.69 Å². The normalized spacial score (nSPS) is 25.4. The van der Waals surface area contributed by atoms with Crippen molar-refractivity contribution in [3.05, 3.63) is 24.3 Å². The maximum Gasteiger partial charge on any atom is 0.116 e. The van der Waals surface area contributed by atoms with Crippen LogP contribution in [0.15, 0.2) is 24.3 Å². The molecule has 0 aromatic heterocycles. The summed E-state index contributed by atoms with van der Waals surface area (Å²) in [5.41, 5.74) is 1.28. The second kappa shape index (κ2) is 5.12. The van der Waals surface area contributed by atoms with Gasteiger partial charge < -0.3 is 4.90 Å². The Morgan fingerprint density at radius 2 is 1.56 bits per heavy atom. The topological polar surface area (TPSA) is 3.24 Å². The van der Waals surface area contributed by atoms with Crippen molar-refractivity contribution in [3.63, 3.8) is 0 Å². The molecule has 16 heavy (non-hydrogen) atoms. The van der Waals surface area contributed by atoms with Crippen molar-refractivity contribution in [1.29, 1.82) is 0 Å². The minimum Gasteiger partial charge on any atom is -0.366 e. The van der Waals surface area contributed by atoms with Gasteiger partial charge in [-0.25, -0.2) is 0 Å². The van der Waals surface area contributed by atoms with E-state index in [4.69, 9.17) is 22.5 Å². The maximum absolute atomic E-state index is 5.89. The number of nitrogens with zero attached hydrogens (tertiary/aromatic N) is 1. The predicted molar refractivity (Wildman–Crippen MR) is 75.3 cm³/mol. The highest BCUT2D eigenvalue weighted by Crippen LogP contribution is 2.45. The Balaban J connectivity index is 2.21. The van der Waals surface area contributed by atoms with Gasteiger partial charge in [0.2, 0.25) is 0 Å². The van der Waals surface area contributed by atoms with E-state index >= 15 is 0 Å². The zero-order valence-electron chi connectivity index (χ0n) is 9.53. The van der Waals surface area contributed by atoms with Crippen molar-refractivity contribution in [2.75, 3.05) is 4.90 Å². The van der Waals surface area contributed by atoms with Gasteiger partial charge in [0.05, 0.1) is 0 Å². The Hall–Kier alpha value is 0.0300. The zero-order chi connectivity index (χ0) is 11.7. The minimum atomic E-state index is -1.02. The van der Waals surface area contributed by atoms with Gasteiger partial charge in [-0.15, -0.1) is 0 Å². The van der Waals surface area contributed by atoms with Crippen molar-refractivity contribution in [2.24, 2.45) is 0 Å². The van der Waals surface area contributed by atoms with Gasteiger partial charge in [-0.05, 0) is 38.8 Å². The molecule has 0 spiro atoms. The van der Waals surface area contributed by atoms with Crippen LogP contribution in [0.25, 0.3) is 0 Å². The third-order valence-electron chi connectivity index (χ3n) is 3.29. The fourth-order valence-corrected chi connectivity index (χ4v) is 3.49. The highest BCUT2D eigenvalue weighted by atomic mass is 35.9. The van der Waals surface area contributed by atoms with Crippen molar-refractivity contribution in [2.45, 2.75) is 38.8 Å². The molecule has 0 N–H and O–H groups in total. The van der Waals surface area contributed by atoms with Crippen LogP contribution in [0.2, 0.25) is 0 Å². The lowest BCUT2D eigenvalue weighted by Crippen LogP contribution is -2.32. The fraction of sp³-hybridized carbons (Fsp3) is 0.500. The minimum absolute atomic E-state index is 0.634.